The molecule has 0 atom stereocenters. The molecule has 3 nitrogen and oxygen atoms in total. The highest BCUT2D eigenvalue weighted by Gasteiger charge is 2.37. The lowest BCUT2D eigenvalue weighted by Crippen LogP contribution is -2.41. The van der Waals surface area contributed by atoms with Gasteiger partial charge in [0.2, 0.25) is 0 Å². The third kappa shape index (κ3) is 4.34. The van der Waals surface area contributed by atoms with Crippen molar-refractivity contribution in [2.45, 2.75) is 64.4 Å². The SMILES string of the molecule is CC(C)(C)[Si](C)(C)OCc1cccc(N2CCC(N)CC2)c1F. The molecule has 0 aliphatic carbocycles. The van der Waals surface area contributed by atoms with Gasteiger partial charge in [0.05, 0.1) is 12.3 Å². The van der Waals surface area contributed by atoms with Crippen molar-refractivity contribution in [3.05, 3.63) is 29.6 Å². The van der Waals surface area contributed by atoms with Crippen molar-refractivity contribution in [1.29, 1.82) is 0 Å². The summed E-state index contributed by atoms with van der Waals surface area (Å²) in [5.41, 5.74) is 7.29. The summed E-state index contributed by atoms with van der Waals surface area (Å²) in [5, 5.41) is 0.129. The number of nitrogens with two attached hydrogens (primary N) is 1. The molecular weight excluding hydrogens is 307 g/mol. The standard InChI is InChI=1S/C18H31FN2OSi/c1-18(2,3)23(4,5)22-13-14-7-6-8-16(17(14)19)21-11-9-15(20)10-12-21/h6-8,15H,9-13,20H2,1-5H3. The summed E-state index contributed by atoms with van der Waals surface area (Å²) in [6, 6.07) is 5.88. The van der Waals surface area contributed by atoms with Crippen molar-refractivity contribution in [2.75, 3.05) is 18.0 Å². The Kier molecular flexibility index (Phi) is 5.54. The average molecular weight is 339 g/mol. The summed E-state index contributed by atoms with van der Waals surface area (Å²) < 4.78 is 21.1. The molecule has 5 heteroatoms. The van der Waals surface area contributed by atoms with Gasteiger partial charge in [-0.05, 0) is 37.0 Å². The Hall–Kier alpha value is -0.913. The Labute approximate surface area is 141 Å². The second-order valence-electron chi connectivity index (χ2n) is 8.12. The molecule has 0 aromatic heterocycles. The van der Waals surface area contributed by atoms with Crippen LogP contribution in [0.3, 0.4) is 0 Å². The van der Waals surface area contributed by atoms with Gasteiger partial charge in [-0.15, -0.1) is 0 Å². The first-order valence-electron chi connectivity index (χ1n) is 8.54. The molecule has 1 saturated heterocycles. The quantitative estimate of drug-likeness (QED) is 0.833. The molecule has 0 unspecified atom stereocenters. The highest BCUT2D eigenvalue weighted by Crippen LogP contribution is 2.37. The normalized spacial score (nSPS) is 17.6. The summed E-state index contributed by atoms with van der Waals surface area (Å²) in [6.45, 7) is 13.0. The minimum atomic E-state index is -1.87. The topological polar surface area (TPSA) is 38.5 Å². The van der Waals surface area contributed by atoms with Gasteiger partial charge in [0, 0.05) is 24.7 Å². The van der Waals surface area contributed by atoms with Crippen molar-refractivity contribution in [1.82, 2.24) is 0 Å². The lowest BCUT2D eigenvalue weighted by atomic mass is 10.0. The van der Waals surface area contributed by atoms with Gasteiger partial charge < -0.3 is 15.1 Å². The van der Waals surface area contributed by atoms with Crippen LogP contribution in [0.4, 0.5) is 10.1 Å². The van der Waals surface area contributed by atoms with Crippen LogP contribution >= 0.6 is 0 Å². The van der Waals surface area contributed by atoms with Crippen LogP contribution in [-0.2, 0) is 11.0 Å². The third-order valence-electron chi connectivity index (χ3n) is 5.33. The number of halogens is 1. The van der Waals surface area contributed by atoms with Crippen LogP contribution in [0.5, 0.6) is 0 Å². The van der Waals surface area contributed by atoms with Crippen LogP contribution in [0.1, 0.15) is 39.2 Å². The number of piperidine rings is 1. The van der Waals surface area contributed by atoms with Gasteiger partial charge in [-0.1, -0.05) is 32.9 Å². The van der Waals surface area contributed by atoms with Crippen molar-refractivity contribution in [3.8, 4) is 0 Å². The zero-order valence-corrected chi connectivity index (χ0v) is 16.2. The van der Waals surface area contributed by atoms with E-state index in [-0.39, 0.29) is 16.9 Å². The minimum Gasteiger partial charge on any atom is -0.412 e. The van der Waals surface area contributed by atoms with E-state index in [2.05, 4.69) is 38.8 Å². The highest BCUT2D eigenvalue weighted by molar-refractivity contribution is 6.74. The smallest absolute Gasteiger partial charge is 0.192 e. The molecule has 0 radical (unpaired) electrons. The Bertz CT molecular complexity index is 534. The monoisotopic (exact) mass is 338 g/mol. The average Bonchev–Trinajstić information content (AvgIpc) is 2.46. The predicted molar refractivity (Wildman–Crippen MR) is 97.8 cm³/mol. The minimum absolute atomic E-state index is 0.129. The molecule has 0 bridgehead atoms. The second-order valence-corrected chi connectivity index (χ2v) is 12.9. The maximum Gasteiger partial charge on any atom is 0.192 e. The van der Waals surface area contributed by atoms with Gasteiger partial charge >= 0.3 is 0 Å². The second kappa shape index (κ2) is 6.91. The van der Waals surface area contributed by atoms with Crippen molar-refractivity contribution < 1.29 is 8.82 Å². The van der Waals surface area contributed by atoms with Gasteiger partial charge in [0.25, 0.3) is 0 Å². The van der Waals surface area contributed by atoms with E-state index in [4.69, 9.17) is 10.2 Å². The molecule has 1 aromatic carbocycles. The first-order valence-corrected chi connectivity index (χ1v) is 11.4. The van der Waals surface area contributed by atoms with E-state index in [0.717, 1.165) is 25.9 Å². The summed E-state index contributed by atoms with van der Waals surface area (Å²) >= 11 is 0. The van der Waals surface area contributed by atoms with E-state index in [1.807, 2.05) is 18.2 Å². The summed E-state index contributed by atoms with van der Waals surface area (Å²) in [6.07, 6.45) is 1.84. The fraction of sp³-hybridized carbons (Fsp3) is 0.667. The first kappa shape index (κ1) is 18.4. The fourth-order valence-electron chi connectivity index (χ4n) is 2.54. The molecule has 2 N–H and O–H groups in total. The van der Waals surface area contributed by atoms with Gasteiger partial charge in [-0.25, -0.2) is 4.39 Å². The van der Waals surface area contributed by atoms with Gasteiger partial charge in [0.1, 0.15) is 0 Å². The van der Waals surface area contributed by atoms with Crippen LogP contribution < -0.4 is 10.6 Å². The Morgan fingerprint density at radius 2 is 1.87 bits per heavy atom. The van der Waals surface area contributed by atoms with Crippen LogP contribution in [0.2, 0.25) is 18.1 Å². The zero-order valence-electron chi connectivity index (χ0n) is 15.2. The van der Waals surface area contributed by atoms with E-state index in [1.165, 1.54) is 0 Å². The van der Waals surface area contributed by atoms with Crippen LogP contribution in [-0.4, -0.2) is 27.4 Å². The lowest BCUT2D eigenvalue weighted by molar-refractivity contribution is 0.271. The Balaban J connectivity index is 2.11. The van der Waals surface area contributed by atoms with Crippen LogP contribution in [0.15, 0.2) is 18.2 Å². The molecule has 23 heavy (non-hydrogen) atoms. The molecule has 2 rings (SSSR count). The summed E-state index contributed by atoms with van der Waals surface area (Å²) in [7, 11) is -1.87. The van der Waals surface area contributed by atoms with Gasteiger partial charge in [-0.3, -0.25) is 0 Å². The first-order chi connectivity index (χ1) is 10.6. The van der Waals surface area contributed by atoms with E-state index in [1.54, 1.807) is 0 Å². The largest absolute Gasteiger partial charge is 0.412 e. The number of hydrogen-bond donors (Lipinski definition) is 1. The molecule has 1 heterocycles. The van der Waals surface area contributed by atoms with Crippen LogP contribution in [0, 0.1) is 5.82 Å². The van der Waals surface area contributed by atoms with Gasteiger partial charge in [-0.2, -0.15) is 0 Å². The molecule has 1 fully saturated rings. The molecular formula is C18H31FN2OSi. The molecule has 0 saturated carbocycles. The molecule has 130 valence electrons. The number of anilines is 1. The van der Waals surface area contributed by atoms with E-state index < -0.39 is 8.32 Å². The highest BCUT2D eigenvalue weighted by atomic mass is 28.4. The molecule has 0 amide bonds. The lowest BCUT2D eigenvalue weighted by Gasteiger charge is -2.36. The zero-order chi connectivity index (χ0) is 17.3. The Morgan fingerprint density at radius 1 is 1.26 bits per heavy atom. The van der Waals surface area contributed by atoms with Crippen LogP contribution in [0.25, 0.3) is 0 Å². The van der Waals surface area contributed by atoms with Crippen molar-refractivity contribution >= 4 is 14.0 Å². The third-order valence-corrected chi connectivity index (χ3v) is 9.81. The fourth-order valence-corrected chi connectivity index (χ4v) is 3.49. The Morgan fingerprint density at radius 3 is 2.43 bits per heavy atom. The van der Waals surface area contributed by atoms with Crippen molar-refractivity contribution in [3.63, 3.8) is 0 Å². The van der Waals surface area contributed by atoms with Gasteiger partial charge in [0.15, 0.2) is 14.1 Å². The number of benzene rings is 1. The molecule has 1 aliphatic heterocycles. The summed E-state index contributed by atoms with van der Waals surface area (Å²) in [4.78, 5) is 2.11. The molecule has 1 aromatic rings. The number of hydrogen-bond acceptors (Lipinski definition) is 3. The molecule has 1 aliphatic rings. The number of rotatable bonds is 4. The maximum absolute atomic E-state index is 14.9. The van der Waals surface area contributed by atoms with E-state index >= 15 is 0 Å². The summed E-state index contributed by atoms with van der Waals surface area (Å²) in [5.74, 6) is -0.137. The van der Waals surface area contributed by atoms with Crippen molar-refractivity contribution in [2.24, 2.45) is 5.73 Å². The number of nitrogens with zero attached hydrogens (tertiary/aromatic N) is 1. The van der Waals surface area contributed by atoms with E-state index in [0.29, 0.717) is 17.9 Å². The molecule has 0 spiro atoms. The maximum atomic E-state index is 14.9. The predicted octanol–water partition coefficient (Wildman–Crippen LogP) is 4.28. The van der Waals surface area contributed by atoms with E-state index in [9.17, 15) is 4.39 Å².